The van der Waals surface area contributed by atoms with Crippen LogP contribution in [0.4, 0.5) is 0 Å². The van der Waals surface area contributed by atoms with Gasteiger partial charge < -0.3 is 5.11 Å². The van der Waals surface area contributed by atoms with Crippen molar-refractivity contribution < 1.29 is 5.11 Å². The van der Waals surface area contributed by atoms with Gasteiger partial charge in [0.25, 0.3) is 0 Å². The third-order valence-corrected chi connectivity index (χ3v) is 3.18. The molecule has 1 aliphatic rings. The topological polar surface area (TPSA) is 50.9 Å². The third kappa shape index (κ3) is 2.43. The fourth-order valence-corrected chi connectivity index (χ4v) is 2.60. The maximum Gasteiger partial charge on any atom is 0.138 e. The molecule has 0 saturated heterocycles. The highest BCUT2D eigenvalue weighted by Gasteiger charge is 2.41. The molecule has 0 aromatic carbocycles. The summed E-state index contributed by atoms with van der Waals surface area (Å²) in [7, 11) is 0. The first kappa shape index (κ1) is 11.6. The van der Waals surface area contributed by atoms with E-state index in [0.717, 1.165) is 25.2 Å². The first-order valence-electron chi connectivity index (χ1n) is 6.07. The van der Waals surface area contributed by atoms with Gasteiger partial charge in [-0.05, 0) is 24.7 Å². The number of rotatable bonds is 4. The number of hydrogen-bond acceptors (Lipinski definition) is 3. The van der Waals surface area contributed by atoms with Gasteiger partial charge in [-0.25, -0.2) is 9.67 Å². The molecule has 0 aliphatic heterocycles. The molecule has 0 amide bonds. The summed E-state index contributed by atoms with van der Waals surface area (Å²) in [5.74, 6) is 2.12. The Hall–Kier alpha value is -0.900. The molecule has 0 radical (unpaired) electrons. The zero-order valence-electron chi connectivity index (χ0n) is 10.3. The highest BCUT2D eigenvalue weighted by molar-refractivity contribution is 5.01. The number of aliphatic hydroxyl groups is 1. The number of hydrogen-bond donors (Lipinski definition) is 1. The van der Waals surface area contributed by atoms with Gasteiger partial charge in [-0.3, -0.25) is 0 Å². The molecule has 16 heavy (non-hydrogen) atoms. The van der Waals surface area contributed by atoms with Crippen molar-refractivity contribution >= 4 is 0 Å². The van der Waals surface area contributed by atoms with Gasteiger partial charge in [0.05, 0.1) is 5.60 Å². The molecule has 0 atom stereocenters. The van der Waals surface area contributed by atoms with Crippen LogP contribution in [0.15, 0.2) is 6.33 Å². The summed E-state index contributed by atoms with van der Waals surface area (Å²) in [6.07, 6.45) is 4.01. The second-order valence-electron chi connectivity index (χ2n) is 5.67. The molecule has 1 heterocycles. The van der Waals surface area contributed by atoms with Crippen molar-refractivity contribution in [2.75, 3.05) is 0 Å². The van der Waals surface area contributed by atoms with E-state index in [9.17, 15) is 5.11 Å². The van der Waals surface area contributed by atoms with E-state index < -0.39 is 5.60 Å². The van der Waals surface area contributed by atoms with Crippen LogP contribution in [0.3, 0.4) is 0 Å². The first-order chi connectivity index (χ1) is 7.48. The van der Waals surface area contributed by atoms with Crippen molar-refractivity contribution in [3.63, 3.8) is 0 Å². The van der Waals surface area contributed by atoms with Gasteiger partial charge in [0.1, 0.15) is 12.2 Å². The molecular formula is C12H21N3O. The normalized spacial score (nSPS) is 29.4. The highest BCUT2D eigenvalue weighted by Crippen LogP contribution is 2.39. The zero-order chi connectivity index (χ0) is 11.8. The monoisotopic (exact) mass is 223 g/mol. The molecular weight excluding hydrogens is 202 g/mol. The molecule has 0 spiro atoms. The van der Waals surface area contributed by atoms with Crippen molar-refractivity contribution in [2.24, 2.45) is 11.8 Å². The molecule has 0 bridgehead atoms. The summed E-state index contributed by atoms with van der Waals surface area (Å²) in [5.41, 5.74) is -0.527. The predicted molar refractivity (Wildman–Crippen MR) is 61.9 cm³/mol. The summed E-state index contributed by atoms with van der Waals surface area (Å²) in [5, 5.41) is 14.4. The molecule has 90 valence electrons. The minimum absolute atomic E-state index is 0.527. The van der Waals surface area contributed by atoms with E-state index in [1.807, 2.05) is 4.68 Å². The first-order valence-corrected chi connectivity index (χ1v) is 6.07. The van der Waals surface area contributed by atoms with Crippen LogP contribution in [0, 0.1) is 11.8 Å². The van der Waals surface area contributed by atoms with E-state index in [1.54, 1.807) is 6.33 Å². The average molecular weight is 223 g/mol. The number of nitrogens with zero attached hydrogens (tertiary/aromatic N) is 3. The summed E-state index contributed by atoms with van der Waals surface area (Å²) in [6, 6.07) is 0. The summed E-state index contributed by atoms with van der Waals surface area (Å²) >= 11 is 0. The van der Waals surface area contributed by atoms with Crippen LogP contribution >= 0.6 is 0 Å². The Kier molecular flexibility index (Phi) is 3.02. The smallest absolute Gasteiger partial charge is 0.138 e. The lowest BCUT2D eigenvalue weighted by Gasteiger charge is -2.41. The summed E-state index contributed by atoms with van der Waals surface area (Å²) in [4.78, 5) is 4.25. The van der Waals surface area contributed by atoms with Crippen molar-refractivity contribution in [1.82, 2.24) is 14.8 Å². The molecule has 1 aromatic rings. The standard InChI is InChI=1S/C12H21N3O/c1-9(2)7-15-11(13-8-14-15)6-12(16)4-10(3)5-12/h8-10,16H,4-7H2,1-3H3. The fraction of sp³-hybridized carbons (Fsp3) is 0.833. The highest BCUT2D eigenvalue weighted by atomic mass is 16.3. The Balaban J connectivity index is 2.01. The predicted octanol–water partition coefficient (Wildman–Crippen LogP) is 1.64. The Bertz CT molecular complexity index is 353. The van der Waals surface area contributed by atoms with Gasteiger partial charge in [0, 0.05) is 13.0 Å². The van der Waals surface area contributed by atoms with Gasteiger partial charge in [-0.2, -0.15) is 5.10 Å². The van der Waals surface area contributed by atoms with Crippen LogP contribution in [-0.2, 0) is 13.0 Å². The Labute approximate surface area is 96.7 Å². The SMILES string of the molecule is CC(C)Cn1ncnc1CC1(O)CC(C)C1. The van der Waals surface area contributed by atoms with Crippen molar-refractivity contribution in [2.45, 2.75) is 52.2 Å². The molecule has 0 unspecified atom stereocenters. The van der Waals surface area contributed by atoms with Gasteiger partial charge in [0.15, 0.2) is 0 Å². The maximum atomic E-state index is 10.2. The summed E-state index contributed by atoms with van der Waals surface area (Å²) in [6.45, 7) is 7.37. The molecule has 4 nitrogen and oxygen atoms in total. The quantitative estimate of drug-likeness (QED) is 0.844. The molecule has 1 fully saturated rings. The lowest BCUT2D eigenvalue weighted by Crippen LogP contribution is -2.45. The fourth-order valence-electron chi connectivity index (χ4n) is 2.60. The Morgan fingerprint density at radius 2 is 2.25 bits per heavy atom. The van der Waals surface area contributed by atoms with Crippen LogP contribution in [0.25, 0.3) is 0 Å². The Morgan fingerprint density at radius 1 is 1.56 bits per heavy atom. The molecule has 1 N–H and O–H groups in total. The van der Waals surface area contributed by atoms with Gasteiger partial charge >= 0.3 is 0 Å². The van der Waals surface area contributed by atoms with E-state index in [0.29, 0.717) is 18.3 Å². The van der Waals surface area contributed by atoms with Crippen LogP contribution in [0.2, 0.25) is 0 Å². The molecule has 1 saturated carbocycles. The van der Waals surface area contributed by atoms with E-state index >= 15 is 0 Å². The maximum absolute atomic E-state index is 10.2. The zero-order valence-corrected chi connectivity index (χ0v) is 10.3. The van der Waals surface area contributed by atoms with E-state index in [4.69, 9.17) is 0 Å². The second-order valence-corrected chi connectivity index (χ2v) is 5.67. The molecule has 1 aliphatic carbocycles. The lowest BCUT2D eigenvalue weighted by atomic mass is 9.70. The van der Waals surface area contributed by atoms with Crippen LogP contribution in [-0.4, -0.2) is 25.5 Å². The molecule has 2 rings (SSSR count). The average Bonchev–Trinajstić information content (AvgIpc) is 2.49. The van der Waals surface area contributed by atoms with Crippen LogP contribution < -0.4 is 0 Å². The van der Waals surface area contributed by atoms with Gasteiger partial charge in [-0.15, -0.1) is 0 Å². The number of aromatic nitrogens is 3. The van der Waals surface area contributed by atoms with Crippen molar-refractivity contribution in [1.29, 1.82) is 0 Å². The lowest BCUT2D eigenvalue weighted by molar-refractivity contribution is -0.0686. The van der Waals surface area contributed by atoms with Gasteiger partial charge in [-0.1, -0.05) is 20.8 Å². The second kappa shape index (κ2) is 4.17. The Morgan fingerprint density at radius 3 is 2.81 bits per heavy atom. The molecule has 4 heteroatoms. The largest absolute Gasteiger partial charge is 0.389 e. The minimum atomic E-state index is -0.527. The van der Waals surface area contributed by atoms with E-state index in [-0.39, 0.29) is 0 Å². The van der Waals surface area contributed by atoms with Crippen LogP contribution in [0.5, 0.6) is 0 Å². The van der Waals surface area contributed by atoms with Crippen molar-refractivity contribution in [3.05, 3.63) is 12.2 Å². The van der Waals surface area contributed by atoms with E-state index in [2.05, 4.69) is 30.9 Å². The van der Waals surface area contributed by atoms with Crippen LogP contribution in [0.1, 0.15) is 39.4 Å². The van der Waals surface area contributed by atoms with E-state index in [1.165, 1.54) is 0 Å². The minimum Gasteiger partial charge on any atom is -0.389 e. The van der Waals surface area contributed by atoms with Crippen molar-refractivity contribution in [3.8, 4) is 0 Å². The molecule has 1 aromatic heterocycles. The summed E-state index contributed by atoms with van der Waals surface area (Å²) < 4.78 is 1.92. The third-order valence-electron chi connectivity index (χ3n) is 3.18. The van der Waals surface area contributed by atoms with Gasteiger partial charge in [0.2, 0.25) is 0 Å².